The number of carbonyl (C=O) groups is 2. The molecular weight excluding hydrogens is 330 g/mol. The fourth-order valence-corrected chi connectivity index (χ4v) is 2.80. The van der Waals surface area contributed by atoms with E-state index < -0.39 is 5.97 Å². The molecule has 144 valence electrons. The van der Waals surface area contributed by atoms with Crippen LogP contribution < -0.4 is 0 Å². The number of benzene rings is 1. The fraction of sp³-hybridized carbons (Fsp3) is 0.550. The summed E-state index contributed by atoms with van der Waals surface area (Å²) in [7, 11) is 4.95. The molecule has 0 aliphatic heterocycles. The third kappa shape index (κ3) is 5.58. The van der Waals surface area contributed by atoms with Gasteiger partial charge < -0.3 is 9.64 Å². The van der Waals surface area contributed by atoms with Crippen molar-refractivity contribution >= 4 is 17.7 Å². The third-order valence-corrected chi connectivity index (χ3v) is 4.16. The Bertz CT molecular complexity index is 656. The van der Waals surface area contributed by atoms with Gasteiger partial charge in [0.15, 0.2) is 0 Å². The largest absolute Gasteiger partial charge is 0.460 e. The molecule has 0 spiro atoms. The number of aryl methyl sites for hydroxylation is 3. The maximum Gasteiger partial charge on any atom is 0.375 e. The highest BCUT2D eigenvalue weighted by atomic mass is 16.5. The second kappa shape index (κ2) is 9.94. The smallest absolute Gasteiger partial charge is 0.375 e. The zero-order valence-electron chi connectivity index (χ0n) is 17.0. The van der Waals surface area contributed by atoms with E-state index in [9.17, 15) is 9.59 Å². The number of amides is 1. The van der Waals surface area contributed by atoms with E-state index in [-0.39, 0.29) is 24.8 Å². The Morgan fingerprint density at radius 2 is 1.58 bits per heavy atom. The Morgan fingerprint density at radius 1 is 1.04 bits per heavy atom. The first kappa shape index (κ1) is 21.7. The van der Waals surface area contributed by atoms with E-state index in [4.69, 9.17) is 4.74 Å². The van der Waals surface area contributed by atoms with Gasteiger partial charge in [-0.05, 0) is 43.4 Å². The lowest BCUT2D eigenvalue weighted by Gasteiger charge is -2.20. The van der Waals surface area contributed by atoms with Crippen LogP contribution in [0.2, 0.25) is 0 Å². The Balaban J connectivity index is 3.10. The van der Waals surface area contributed by atoms with Crippen LogP contribution in [-0.4, -0.2) is 55.4 Å². The number of hydrogen-bond acceptors (Lipinski definition) is 4. The lowest BCUT2D eigenvalue weighted by Crippen LogP contribution is -2.36. The summed E-state index contributed by atoms with van der Waals surface area (Å²) in [4.78, 5) is 26.3. The summed E-state index contributed by atoms with van der Waals surface area (Å²) in [6, 6.07) is 4.27. The molecule has 0 heterocycles. The van der Waals surface area contributed by atoms with Gasteiger partial charge in [-0.15, -0.1) is 5.10 Å². The number of hydrazone groups is 1. The van der Waals surface area contributed by atoms with Gasteiger partial charge in [0.25, 0.3) is 0 Å². The predicted octanol–water partition coefficient (Wildman–Crippen LogP) is 2.56. The molecule has 0 radical (unpaired) electrons. The molecule has 1 aromatic carbocycles. The molecule has 6 nitrogen and oxygen atoms in total. The first-order chi connectivity index (χ1) is 12.2. The quantitative estimate of drug-likeness (QED) is 0.338. The molecule has 0 atom stereocenters. The molecule has 0 saturated heterocycles. The van der Waals surface area contributed by atoms with Crippen LogP contribution >= 0.6 is 0 Å². The fourth-order valence-electron chi connectivity index (χ4n) is 2.80. The van der Waals surface area contributed by atoms with E-state index in [1.165, 1.54) is 21.7 Å². The van der Waals surface area contributed by atoms with Gasteiger partial charge in [0.05, 0.1) is 13.0 Å². The monoisotopic (exact) mass is 361 g/mol. The molecule has 0 unspecified atom stereocenters. The summed E-state index contributed by atoms with van der Waals surface area (Å²) >= 11 is 0. The molecule has 1 amide bonds. The SMILES string of the molecule is CCOC(=O)/C(=N/N(C)C(=O)Cc1c(CC)cc(C)cc1CC)N(C)C. The van der Waals surface area contributed by atoms with Crippen LogP contribution in [0.1, 0.15) is 43.0 Å². The highest BCUT2D eigenvalue weighted by molar-refractivity contribution is 6.35. The maximum atomic E-state index is 12.7. The van der Waals surface area contributed by atoms with Crippen molar-refractivity contribution in [3.8, 4) is 0 Å². The first-order valence-corrected chi connectivity index (χ1v) is 9.05. The number of nitrogens with zero attached hydrogens (tertiary/aromatic N) is 3. The maximum absolute atomic E-state index is 12.7. The minimum absolute atomic E-state index is 0.0954. The topological polar surface area (TPSA) is 62.2 Å². The molecule has 0 aliphatic carbocycles. The van der Waals surface area contributed by atoms with Gasteiger partial charge in [-0.1, -0.05) is 31.5 Å². The number of rotatable bonds is 6. The van der Waals surface area contributed by atoms with Crippen molar-refractivity contribution in [1.29, 1.82) is 0 Å². The lowest BCUT2D eigenvalue weighted by atomic mass is 9.92. The van der Waals surface area contributed by atoms with Crippen molar-refractivity contribution in [2.45, 2.75) is 47.0 Å². The van der Waals surface area contributed by atoms with Crippen LogP contribution in [-0.2, 0) is 33.6 Å². The van der Waals surface area contributed by atoms with Crippen molar-refractivity contribution in [1.82, 2.24) is 9.91 Å². The van der Waals surface area contributed by atoms with Crippen molar-refractivity contribution in [3.63, 3.8) is 0 Å². The van der Waals surface area contributed by atoms with E-state index in [1.807, 2.05) is 0 Å². The predicted molar refractivity (Wildman–Crippen MR) is 104 cm³/mol. The number of carbonyl (C=O) groups excluding carboxylic acids is 2. The average Bonchev–Trinajstić information content (AvgIpc) is 2.59. The van der Waals surface area contributed by atoms with Crippen LogP contribution in [0.25, 0.3) is 0 Å². The van der Waals surface area contributed by atoms with E-state index in [2.05, 4.69) is 38.0 Å². The van der Waals surface area contributed by atoms with Gasteiger partial charge in [0.1, 0.15) is 0 Å². The molecule has 0 aliphatic rings. The van der Waals surface area contributed by atoms with Crippen molar-refractivity contribution < 1.29 is 14.3 Å². The van der Waals surface area contributed by atoms with Crippen LogP contribution in [0.5, 0.6) is 0 Å². The lowest BCUT2D eigenvalue weighted by molar-refractivity contribution is -0.135. The molecular formula is C20H31N3O3. The minimum atomic E-state index is -0.545. The minimum Gasteiger partial charge on any atom is -0.460 e. The zero-order valence-corrected chi connectivity index (χ0v) is 17.0. The van der Waals surface area contributed by atoms with E-state index >= 15 is 0 Å². The van der Waals surface area contributed by atoms with Gasteiger partial charge in [0.2, 0.25) is 11.7 Å². The first-order valence-electron chi connectivity index (χ1n) is 9.05. The highest BCUT2D eigenvalue weighted by Crippen LogP contribution is 2.20. The van der Waals surface area contributed by atoms with Crippen molar-refractivity contribution in [3.05, 3.63) is 34.4 Å². The van der Waals surface area contributed by atoms with Crippen LogP contribution in [0, 0.1) is 6.92 Å². The van der Waals surface area contributed by atoms with Crippen LogP contribution in [0.15, 0.2) is 17.2 Å². The molecule has 6 heteroatoms. The highest BCUT2D eigenvalue weighted by Gasteiger charge is 2.20. The number of esters is 1. The third-order valence-electron chi connectivity index (χ3n) is 4.16. The van der Waals surface area contributed by atoms with Gasteiger partial charge >= 0.3 is 5.97 Å². The summed E-state index contributed by atoms with van der Waals surface area (Å²) in [5.74, 6) is -0.615. The number of amidine groups is 1. The van der Waals surface area contributed by atoms with E-state index in [0.717, 1.165) is 18.4 Å². The zero-order chi connectivity index (χ0) is 19.9. The Labute approximate surface area is 156 Å². The second-order valence-corrected chi connectivity index (χ2v) is 6.40. The summed E-state index contributed by atoms with van der Waals surface area (Å²) < 4.78 is 5.00. The Hall–Kier alpha value is -2.37. The summed E-state index contributed by atoms with van der Waals surface area (Å²) in [5.41, 5.74) is 4.64. The van der Waals surface area contributed by atoms with E-state index in [0.29, 0.717) is 0 Å². The van der Waals surface area contributed by atoms with Gasteiger partial charge in [-0.2, -0.15) is 0 Å². The molecule has 0 aromatic heterocycles. The summed E-state index contributed by atoms with van der Waals surface area (Å²) in [6.45, 7) is 8.25. The van der Waals surface area contributed by atoms with Crippen molar-refractivity contribution in [2.24, 2.45) is 5.10 Å². The van der Waals surface area contributed by atoms with Gasteiger partial charge in [-0.25, -0.2) is 9.80 Å². The van der Waals surface area contributed by atoms with Crippen LogP contribution in [0.4, 0.5) is 0 Å². The molecule has 0 saturated carbocycles. The van der Waals surface area contributed by atoms with Crippen LogP contribution in [0.3, 0.4) is 0 Å². The molecule has 0 fully saturated rings. The van der Waals surface area contributed by atoms with Crippen molar-refractivity contribution in [2.75, 3.05) is 27.7 Å². The normalized spacial score (nSPS) is 11.3. The summed E-state index contributed by atoms with van der Waals surface area (Å²) in [5, 5.41) is 5.40. The number of hydrogen-bond donors (Lipinski definition) is 0. The molecule has 26 heavy (non-hydrogen) atoms. The number of likely N-dealkylation sites (N-methyl/N-ethyl adjacent to an activating group) is 2. The van der Waals surface area contributed by atoms with Gasteiger partial charge in [0, 0.05) is 21.1 Å². The Morgan fingerprint density at radius 3 is 2.00 bits per heavy atom. The molecule has 1 rings (SSSR count). The summed E-state index contributed by atoms with van der Waals surface area (Å²) in [6.07, 6.45) is 2.00. The Kier molecular flexibility index (Phi) is 8.29. The molecule has 1 aromatic rings. The number of ether oxygens (including phenoxy) is 1. The molecule has 0 N–H and O–H groups in total. The molecule has 0 bridgehead atoms. The standard InChI is InChI=1S/C20H31N3O3/c1-8-15-11-14(4)12-16(9-2)17(15)13-18(24)23(7)21-19(22(5)6)20(25)26-10-3/h11-12H,8-10,13H2,1-7H3/b21-19-. The van der Waals surface area contributed by atoms with Gasteiger partial charge in [-0.3, -0.25) is 4.79 Å². The second-order valence-electron chi connectivity index (χ2n) is 6.40. The average molecular weight is 361 g/mol. The van der Waals surface area contributed by atoms with E-state index in [1.54, 1.807) is 33.0 Å².